The minimum absolute atomic E-state index is 0.0557. The second kappa shape index (κ2) is 12.2. The fraction of sp³-hybridized carbons (Fsp3) is 0.700. The van der Waals surface area contributed by atoms with Crippen molar-refractivity contribution in [1.82, 2.24) is 15.1 Å². The number of primary amides is 1. The van der Waals surface area contributed by atoms with Gasteiger partial charge in [0.25, 0.3) is 0 Å². The smallest absolute Gasteiger partial charge is 0.326 e. The summed E-state index contributed by atoms with van der Waals surface area (Å²) in [4.78, 5) is 68.2. The molecule has 2 saturated heterocycles. The highest BCUT2D eigenvalue weighted by Gasteiger charge is 2.41. The molecule has 0 bridgehead atoms. The van der Waals surface area contributed by atoms with Crippen LogP contribution < -0.4 is 28.3 Å². The zero-order chi connectivity index (χ0) is 25.4. The molecule has 14 heteroatoms. The van der Waals surface area contributed by atoms with Crippen LogP contribution in [0.25, 0.3) is 0 Å². The van der Waals surface area contributed by atoms with E-state index in [0.717, 1.165) is 4.90 Å². The second-order valence-corrected chi connectivity index (χ2v) is 8.50. The van der Waals surface area contributed by atoms with Crippen LogP contribution in [0.15, 0.2) is 4.99 Å². The highest BCUT2D eigenvalue weighted by molar-refractivity contribution is 5.96. The minimum atomic E-state index is -1.32. The number of nitrogens with two attached hydrogens (primary N) is 4. The molecule has 0 radical (unpaired) electrons. The minimum Gasteiger partial charge on any atom is -0.480 e. The van der Waals surface area contributed by atoms with E-state index in [1.807, 2.05) is 0 Å². The van der Waals surface area contributed by atoms with Crippen LogP contribution in [-0.2, 0) is 24.0 Å². The molecule has 4 atom stereocenters. The second-order valence-electron chi connectivity index (χ2n) is 8.50. The summed E-state index contributed by atoms with van der Waals surface area (Å²) in [5.74, 6) is -3.76. The lowest BCUT2D eigenvalue weighted by atomic mass is 10.1. The molecule has 14 nitrogen and oxygen atoms in total. The molecule has 0 aromatic heterocycles. The predicted molar refractivity (Wildman–Crippen MR) is 121 cm³/mol. The Kier molecular flexibility index (Phi) is 9.59. The number of rotatable bonds is 11. The van der Waals surface area contributed by atoms with Crippen molar-refractivity contribution in [2.24, 2.45) is 27.9 Å². The van der Waals surface area contributed by atoms with Crippen LogP contribution in [0, 0.1) is 0 Å². The van der Waals surface area contributed by atoms with E-state index in [2.05, 4.69) is 10.3 Å². The van der Waals surface area contributed by atoms with Crippen molar-refractivity contribution in [3.63, 3.8) is 0 Å². The summed E-state index contributed by atoms with van der Waals surface area (Å²) in [6.07, 6.45) is 2.00. The molecular weight excluding hydrogens is 448 g/mol. The quantitative estimate of drug-likeness (QED) is 0.0984. The molecular formula is C20H34N8O6. The van der Waals surface area contributed by atoms with Gasteiger partial charge in [0.05, 0.1) is 12.5 Å². The van der Waals surface area contributed by atoms with Gasteiger partial charge in [-0.15, -0.1) is 0 Å². The number of carboxylic acids is 1. The first-order valence-corrected chi connectivity index (χ1v) is 11.3. The number of carboxylic acid groups (broad SMARTS) is 1. The number of carbonyl (C=O) groups is 5. The molecule has 0 saturated carbocycles. The Labute approximate surface area is 197 Å². The van der Waals surface area contributed by atoms with Gasteiger partial charge in [-0.05, 0) is 38.5 Å². The van der Waals surface area contributed by atoms with Gasteiger partial charge in [0, 0.05) is 19.6 Å². The standard InChI is InChI=1S/C20H34N8O6/c21-11(4-1-7-25-20(23)24)17(31)27-8-2-5-13(27)16(30)26-12(10-15(22)29)18(32)28-9-3-6-14(28)19(33)34/h11-14H,1-10,21H2,(H2,22,29)(H,26,30)(H,33,34)(H4,23,24,25). The van der Waals surface area contributed by atoms with Crippen LogP contribution in [-0.4, -0.2) is 94.3 Å². The summed E-state index contributed by atoms with van der Waals surface area (Å²) in [6, 6.07) is -4.07. The average Bonchev–Trinajstić information content (AvgIpc) is 3.44. The number of likely N-dealkylation sites (tertiary alicyclic amines) is 2. The van der Waals surface area contributed by atoms with Gasteiger partial charge >= 0.3 is 5.97 Å². The van der Waals surface area contributed by atoms with Gasteiger partial charge in [0.15, 0.2) is 5.96 Å². The van der Waals surface area contributed by atoms with Gasteiger partial charge in [-0.2, -0.15) is 0 Å². The summed E-state index contributed by atoms with van der Waals surface area (Å²) < 4.78 is 0. The fourth-order valence-corrected chi connectivity index (χ4v) is 4.32. The van der Waals surface area contributed by atoms with Crippen molar-refractivity contribution in [2.75, 3.05) is 19.6 Å². The van der Waals surface area contributed by atoms with Crippen molar-refractivity contribution in [1.29, 1.82) is 0 Å². The highest BCUT2D eigenvalue weighted by atomic mass is 16.4. The first-order valence-electron chi connectivity index (χ1n) is 11.3. The van der Waals surface area contributed by atoms with E-state index in [1.165, 1.54) is 4.90 Å². The fourth-order valence-electron chi connectivity index (χ4n) is 4.32. The molecule has 0 aromatic carbocycles. The summed E-state index contributed by atoms with van der Waals surface area (Å²) in [5, 5.41) is 11.9. The van der Waals surface area contributed by atoms with E-state index < -0.39 is 60.2 Å². The predicted octanol–water partition coefficient (Wildman–Crippen LogP) is -3.21. The molecule has 2 aliphatic heterocycles. The Morgan fingerprint density at radius 2 is 1.56 bits per heavy atom. The van der Waals surface area contributed by atoms with Gasteiger partial charge in [-0.1, -0.05) is 0 Å². The van der Waals surface area contributed by atoms with Gasteiger partial charge in [0.2, 0.25) is 23.6 Å². The van der Waals surface area contributed by atoms with Crippen molar-refractivity contribution in [3.05, 3.63) is 0 Å². The van der Waals surface area contributed by atoms with Crippen molar-refractivity contribution in [2.45, 2.75) is 69.1 Å². The zero-order valence-corrected chi connectivity index (χ0v) is 19.0. The number of aliphatic imine (C=N–C) groups is 1. The number of amides is 4. The Morgan fingerprint density at radius 1 is 0.971 bits per heavy atom. The van der Waals surface area contributed by atoms with E-state index in [1.54, 1.807) is 0 Å². The Hall–Kier alpha value is -3.42. The van der Waals surface area contributed by atoms with E-state index in [4.69, 9.17) is 22.9 Å². The van der Waals surface area contributed by atoms with Crippen LogP contribution in [0.2, 0.25) is 0 Å². The van der Waals surface area contributed by atoms with Gasteiger partial charge in [0.1, 0.15) is 18.1 Å². The molecule has 2 heterocycles. The van der Waals surface area contributed by atoms with E-state index in [-0.39, 0.29) is 18.9 Å². The number of aliphatic carboxylic acids is 1. The van der Waals surface area contributed by atoms with Crippen LogP contribution in [0.5, 0.6) is 0 Å². The summed E-state index contributed by atoms with van der Waals surface area (Å²) in [6.45, 7) is 0.835. The zero-order valence-electron chi connectivity index (χ0n) is 19.0. The number of nitrogens with zero attached hydrogens (tertiary/aromatic N) is 3. The number of nitrogens with one attached hydrogen (secondary N) is 1. The summed E-state index contributed by atoms with van der Waals surface area (Å²) in [7, 11) is 0. The first kappa shape index (κ1) is 26.8. The Bertz CT molecular complexity index is 830. The van der Waals surface area contributed by atoms with Crippen LogP contribution in [0.1, 0.15) is 44.9 Å². The van der Waals surface area contributed by atoms with E-state index >= 15 is 0 Å². The first-order chi connectivity index (χ1) is 16.0. The third kappa shape index (κ3) is 7.04. The van der Waals surface area contributed by atoms with Gasteiger partial charge in [-0.3, -0.25) is 24.2 Å². The third-order valence-electron chi connectivity index (χ3n) is 5.96. The number of hydrogen-bond donors (Lipinski definition) is 6. The lowest BCUT2D eigenvalue weighted by Gasteiger charge is -2.30. The normalized spacial score (nSPS) is 21.6. The average molecular weight is 483 g/mol. The lowest BCUT2D eigenvalue weighted by molar-refractivity contribution is -0.150. The maximum absolute atomic E-state index is 13.0. The third-order valence-corrected chi connectivity index (χ3v) is 5.96. The molecule has 4 amide bonds. The summed E-state index contributed by atoms with van der Waals surface area (Å²) >= 11 is 0. The van der Waals surface area contributed by atoms with Crippen LogP contribution in [0.4, 0.5) is 0 Å². The van der Waals surface area contributed by atoms with Gasteiger partial charge < -0.3 is 43.2 Å². The van der Waals surface area contributed by atoms with Crippen LogP contribution in [0.3, 0.4) is 0 Å². The number of carbonyl (C=O) groups excluding carboxylic acids is 4. The molecule has 0 aliphatic carbocycles. The molecule has 2 rings (SSSR count). The summed E-state index contributed by atoms with van der Waals surface area (Å²) in [5.41, 5.74) is 21.8. The topological polar surface area (TPSA) is 241 Å². The molecule has 2 fully saturated rings. The van der Waals surface area contributed by atoms with Crippen LogP contribution >= 0.6 is 0 Å². The van der Waals surface area contributed by atoms with Crippen molar-refractivity contribution in [3.8, 4) is 0 Å². The van der Waals surface area contributed by atoms with Crippen molar-refractivity contribution < 1.29 is 29.1 Å². The number of hydrogen-bond acceptors (Lipinski definition) is 7. The highest BCUT2D eigenvalue weighted by Crippen LogP contribution is 2.21. The maximum Gasteiger partial charge on any atom is 0.326 e. The monoisotopic (exact) mass is 482 g/mol. The lowest BCUT2D eigenvalue weighted by Crippen LogP contribution is -2.57. The maximum atomic E-state index is 13.0. The Morgan fingerprint density at radius 3 is 2.12 bits per heavy atom. The van der Waals surface area contributed by atoms with E-state index in [0.29, 0.717) is 45.2 Å². The Balaban J connectivity index is 2.05. The van der Waals surface area contributed by atoms with Crippen molar-refractivity contribution >= 4 is 35.6 Å². The molecule has 2 aliphatic rings. The van der Waals surface area contributed by atoms with Gasteiger partial charge in [-0.25, -0.2) is 4.79 Å². The number of guanidine groups is 1. The molecule has 4 unspecified atom stereocenters. The SMILES string of the molecule is NC(=O)CC(NC(=O)C1CCCN1C(=O)C(N)CCCN=C(N)N)C(=O)N1CCCC1C(=O)O. The van der Waals surface area contributed by atoms with E-state index in [9.17, 15) is 29.1 Å². The molecule has 190 valence electrons. The molecule has 34 heavy (non-hydrogen) atoms. The molecule has 0 spiro atoms. The molecule has 10 N–H and O–H groups in total. The molecule has 0 aromatic rings. The largest absolute Gasteiger partial charge is 0.480 e.